The number of alkyl halides is 3. The van der Waals surface area contributed by atoms with E-state index >= 15 is 0 Å². The minimum absolute atomic E-state index is 0.121. The van der Waals surface area contributed by atoms with Gasteiger partial charge in [0.25, 0.3) is 5.91 Å². The normalized spacial score (nSPS) is 18.2. The summed E-state index contributed by atoms with van der Waals surface area (Å²) in [7, 11) is 0. The quantitative estimate of drug-likeness (QED) is 0.343. The predicted octanol–water partition coefficient (Wildman–Crippen LogP) is 5.71. The zero-order chi connectivity index (χ0) is 25.2. The number of hydrogen-bond acceptors (Lipinski definition) is 4. The Labute approximate surface area is 198 Å². The fraction of sp³-hybridized carbons (Fsp3) is 0.320. The number of aliphatic carboxylic acids is 1. The van der Waals surface area contributed by atoms with Crippen molar-refractivity contribution < 1.29 is 32.3 Å². The van der Waals surface area contributed by atoms with Crippen LogP contribution < -0.4 is 5.32 Å². The second-order valence-electron chi connectivity index (χ2n) is 8.53. The number of furan rings is 1. The first-order valence-corrected chi connectivity index (χ1v) is 11.2. The number of H-pyrrole nitrogens is 1. The smallest absolute Gasteiger partial charge is 0.475 e. The first-order valence-electron chi connectivity index (χ1n) is 11.2. The van der Waals surface area contributed by atoms with Crippen LogP contribution >= 0.6 is 0 Å². The minimum atomic E-state index is -5.08. The van der Waals surface area contributed by atoms with E-state index in [1.807, 2.05) is 49.4 Å². The highest BCUT2D eigenvalue weighted by Gasteiger charge is 2.38. The van der Waals surface area contributed by atoms with Gasteiger partial charge < -0.3 is 19.8 Å². The Kier molecular flexibility index (Phi) is 6.81. The van der Waals surface area contributed by atoms with Crippen LogP contribution in [-0.4, -0.2) is 39.2 Å². The first kappa shape index (κ1) is 24.3. The van der Waals surface area contributed by atoms with Crippen molar-refractivity contribution in [1.82, 2.24) is 15.3 Å². The van der Waals surface area contributed by atoms with Crippen LogP contribution in [0.25, 0.3) is 22.0 Å². The molecule has 0 bridgehead atoms. The summed E-state index contributed by atoms with van der Waals surface area (Å²) in [5, 5.41) is 11.3. The van der Waals surface area contributed by atoms with Crippen LogP contribution in [0, 0.1) is 6.92 Å². The molecular formula is C25H24F3N3O4. The molecule has 2 aromatic heterocycles. The third-order valence-electron chi connectivity index (χ3n) is 6.10. The van der Waals surface area contributed by atoms with Gasteiger partial charge in [0.15, 0.2) is 5.76 Å². The molecule has 0 spiro atoms. The molecule has 1 saturated carbocycles. The minimum Gasteiger partial charge on any atom is -0.475 e. The summed E-state index contributed by atoms with van der Waals surface area (Å²) in [5.41, 5.74) is 3.73. The van der Waals surface area contributed by atoms with Gasteiger partial charge >= 0.3 is 12.1 Å². The number of carboxylic acid groups (broad SMARTS) is 1. The summed E-state index contributed by atoms with van der Waals surface area (Å²) in [5.74, 6) is -1.09. The van der Waals surface area contributed by atoms with Gasteiger partial charge in [-0.1, -0.05) is 36.8 Å². The summed E-state index contributed by atoms with van der Waals surface area (Å²) in [4.78, 5) is 30.0. The van der Waals surface area contributed by atoms with Gasteiger partial charge in [0.05, 0.1) is 11.0 Å². The summed E-state index contributed by atoms with van der Waals surface area (Å²) in [6.07, 6.45) is -1.03. The molecule has 1 amide bonds. The molecule has 184 valence electrons. The van der Waals surface area contributed by atoms with Crippen molar-refractivity contribution in [2.24, 2.45) is 0 Å². The average Bonchev–Trinajstić information content (AvgIpc) is 3.41. The summed E-state index contributed by atoms with van der Waals surface area (Å²) in [6.45, 7) is 1.94. The van der Waals surface area contributed by atoms with Crippen molar-refractivity contribution in [3.63, 3.8) is 0 Å². The molecule has 0 unspecified atom stereocenters. The molecule has 1 fully saturated rings. The molecule has 1 aliphatic carbocycles. The van der Waals surface area contributed by atoms with E-state index in [1.54, 1.807) is 0 Å². The van der Waals surface area contributed by atoms with Gasteiger partial charge in [0.2, 0.25) is 0 Å². The number of carboxylic acids is 1. The number of para-hydroxylation sites is 3. The number of amides is 1. The van der Waals surface area contributed by atoms with E-state index < -0.39 is 12.1 Å². The predicted molar refractivity (Wildman–Crippen MR) is 123 cm³/mol. The van der Waals surface area contributed by atoms with Gasteiger partial charge in [0, 0.05) is 22.9 Å². The number of fused-ring (bicyclic) bond motifs is 2. The fourth-order valence-electron chi connectivity index (χ4n) is 4.38. The van der Waals surface area contributed by atoms with Gasteiger partial charge in [-0.25, -0.2) is 9.78 Å². The van der Waals surface area contributed by atoms with E-state index in [4.69, 9.17) is 19.3 Å². The molecule has 5 rings (SSSR count). The van der Waals surface area contributed by atoms with Crippen LogP contribution in [-0.2, 0) is 4.79 Å². The van der Waals surface area contributed by atoms with Crippen LogP contribution in [0.2, 0.25) is 0 Å². The monoisotopic (exact) mass is 487 g/mol. The lowest BCUT2D eigenvalue weighted by Gasteiger charge is -2.28. The molecule has 2 aromatic carbocycles. The lowest BCUT2D eigenvalue weighted by molar-refractivity contribution is -0.192. The SMILES string of the molecule is Cc1c(C(=O)N[C@@H]2CCC[C@H](c3nc4ccccc4[nH]3)C2)oc2ccccc12.O=C(O)C(F)(F)F. The van der Waals surface area contributed by atoms with Gasteiger partial charge in [-0.15, -0.1) is 0 Å². The zero-order valence-corrected chi connectivity index (χ0v) is 18.9. The number of nitrogens with zero attached hydrogens (tertiary/aromatic N) is 1. The van der Waals surface area contributed by atoms with Crippen molar-refractivity contribution in [2.75, 3.05) is 0 Å². The summed E-state index contributed by atoms with van der Waals surface area (Å²) in [6, 6.07) is 16.0. The van der Waals surface area contributed by atoms with E-state index in [9.17, 15) is 18.0 Å². The maximum Gasteiger partial charge on any atom is 0.490 e. The number of imidazole rings is 1. The van der Waals surface area contributed by atoms with Crippen LogP contribution in [0.1, 0.15) is 53.5 Å². The van der Waals surface area contributed by atoms with E-state index in [1.165, 1.54) is 0 Å². The Balaban J connectivity index is 0.000000364. The molecular weight excluding hydrogens is 463 g/mol. The molecule has 2 atom stereocenters. The lowest BCUT2D eigenvalue weighted by Crippen LogP contribution is -2.38. The van der Waals surface area contributed by atoms with Gasteiger partial charge in [-0.3, -0.25) is 4.79 Å². The molecule has 1 aliphatic rings. The average molecular weight is 487 g/mol. The lowest BCUT2D eigenvalue weighted by atomic mass is 9.85. The number of hydrogen-bond donors (Lipinski definition) is 3. The van der Waals surface area contributed by atoms with Crippen molar-refractivity contribution in [1.29, 1.82) is 0 Å². The second-order valence-corrected chi connectivity index (χ2v) is 8.53. The number of aromatic nitrogens is 2. The van der Waals surface area contributed by atoms with E-state index in [0.717, 1.165) is 59.1 Å². The van der Waals surface area contributed by atoms with Crippen LogP contribution in [0.15, 0.2) is 52.9 Å². The summed E-state index contributed by atoms with van der Waals surface area (Å²) >= 11 is 0. The topological polar surface area (TPSA) is 108 Å². The number of aromatic amines is 1. The first-order chi connectivity index (χ1) is 16.6. The maximum absolute atomic E-state index is 12.9. The van der Waals surface area contributed by atoms with E-state index in [-0.39, 0.29) is 11.9 Å². The largest absolute Gasteiger partial charge is 0.490 e. The Morgan fingerprint density at radius 1 is 1.11 bits per heavy atom. The highest BCUT2D eigenvalue weighted by molar-refractivity contribution is 5.99. The standard InChI is InChI=1S/C23H23N3O2.C2HF3O2/c1-14-17-9-2-5-12-20(17)28-21(14)23(27)24-16-8-6-7-15(13-16)22-25-18-10-3-4-11-19(18)26-22;3-2(4,5)1(6)7/h2-5,9-12,15-16H,6-8,13H2,1H3,(H,24,27)(H,25,26);(H,6,7)/t15-,16+;/m0./s1. The van der Waals surface area contributed by atoms with Crippen LogP contribution in [0.4, 0.5) is 13.2 Å². The van der Waals surface area contributed by atoms with Crippen LogP contribution in [0.3, 0.4) is 0 Å². The highest BCUT2D eigenvalue weighted by Crippen LogP contribution is 2.33. The van der Waals surface area contributed by atoms with E-state index in [0.29, 0.717) is 11.7 Å². The second kappa shape index (κ2) is 9.81. The van der Waals surface area contributed by atoms with Gasteiger partial charge in [0.1, 0.15) is 11.4 Å². The maximum atomic E-state index is 12.9. The van der Waals surface area contributed by atoms with E-state index in [2.05, 4.69) is 16.4 Å². The van der Waals surface area contributed by atoms with Gasteiger partial charge in [-0.2, -0.15) is 13.2 Å². The third kappa shape index (κ3) is 5.47. The van der Waals surface area contributed by atoms with Crippen molar-refractivity contribution >= 4 is 33.9 Å². The van der Waals surface area contributed by atoms with Crippen LogP contribution in [0.5, 0.6) is 0 Å². The molecule has 3 N–H and O–H groups in total. The Bertz CT molecular complexity index is 1330. The molecule has 0 radical (unpaired) electrons. The Hall–Kier alpha value is -3.82. The molecule has 7 nitrogen and oxygen atoms in total. The Morgan fingerprint density at radius 3 is 2.49 bits per heavy atom. The van der Waals surface area contributed by atoms with Gasteiger partial charge in [-0.05, 0) is 44.4 Å². The number of rotatable bonds is 3. The molecule has 10 heteroatoms. The number of carbonyl (C=O) groups is 2. The number of benzene rings is 2. The number of carbonyl (C=O) groups excluding carboxylic acids is 1. The number of nitrogens with one attached hydrogen (secondary N) is 2. The fourth-order valence-corrected chi connectivity index (χ4v) is 4.38. The number of halogens is 3. The molecule has 2 heterocycles. The highest BCUT2D eigenvalue weighted by atomic mass is 19.4. The molecule has 4 aromatic rings. The number of aryl methyl sites for hydroxylation is 1. The van der Waals surface area contributed by atoms with Crippen molar-refractivity contribution in [2.45, 2.75) is 50.7 Å². The molecule has 0 aliphatic heterocycles. The molecule has 35 heavy (non-hydrogen) atoms. The van der Waals surface area contributed by atoms with Crippen molar-refractivity contribution in [3.05, 3.63) is 65.7 Å². The summed E-state index contributed by atoms with van der Waals surface area (Å²) < 4.78 is 37.6. The van der Waals surface area contributed by atoms with Crippen molar-refractivity contribution in [3.8, 4) is 0 Å². The zero-order valence-electron chi connectivity index (χ0n) is 18.9. The Morgan fingerprint density at radius 2 is 1.80 bits per heavy atom. The molecule has 0 saturated heterocycles. The third-order valence-corrected chi connectivity index (χ3v) is 6.10.